The first-order valence-electron chi connectivity index (χ1n) is 7.35. The van der Waals surface area contributed by atoms with Crippen molar-refractivity contribution in [2.45, 2.75) is 44.6 Å². The standard InChI is InChI=1S/C15H19BrN4O/c1-2-10-3-5-15(17,6-4-10)14-19-13(21-20-14)11-7-12(16)9-18-8-11/h7-10H,2-6,17H2,1H3. The molecule has 21 heavy (non-hydrogen) atoms. The van der Waals surface area contributed by atoms with E-state index in [4.69, 9.17) is 10.3 Å². The van der Waals surface area contributed by atoms with Crippen molar-refractivity contribution < 1.29 is 4.52 Å². The second-order valence-electron chi connectivity index (χ2n) is 5.82. The van der Waals surface area contributed by atoms with Crippen molar-refractivity contribution in [3.8, 4) is 11.5 Å². The van der Waals surface area contributed by atoms with Gasteiger partial charge in [0.05, 0.1) is 11.1 Å². The lowest BCUT2D eigenvalue weighted by Crippen LogP contribution is -2.41. The normalized spacial score (nSPS) is 26.0. The molecule has 1 aliphatic rings. The molecular weight excluding hydrogens is 332 g/mol. The van der Waals surface area contributed by atoms with Gasteiger partial charge in [-0.2, -0.15) is 4.98 Å². The summed E-state index contributed by atoms with van der Waals surface area (Å²) < 4.78 is 6.26. The molecule has 2 aromatic rings. The van der Waals surface area contributed by atoms with Crippen LogP contribution in [0.5, 0.6) is 0 Å². The molecule has 0 unspecified atom stereocenters. The number of halogens is 1. The zero-order valence-corrected chi connectivity index (χ0v) is 13.6. The van der Waals surface area contributed by atoms with Gasteiger partial charge in [0, 0.05) is 16.9 Å². The van der Waals surface area contributed by atoms with E-state index < -0.39 is 5.54 Å². The molecule has 0 radical (unpaired) electrons. The average Bonchev–Trinajstić information content (AvgIpc) is 2.99. The zero-order valence-electron chi connectivity index (χ0n) is 12.1. The summed E-state index contributed by atoms with van der Waals surface area (Å²) in [7, 11) is 0. The first-order valence-corrected chi connectivity index (χ1v) is 8.14. The summed E-state index contributed by atoms with van der Waals surface area (Å²) in [5, 5.41) is 4.11. The molecule has 0 spiro atoms. The third-order valence-corrected chi connectivity index (χ3v) is 4.83. The van der Waals surface area contributed by atoms with Gasteiger partial charge in [-0.1, -0.05) is 18.5 Å². The molecule has 1 aliphatic carbocycles. The molecular formula is C15H19BrN4O. The molecule has 0 atom stereocenters. The third-order valence-electron chi connectivity index (χ3n) is 4.40. The Morgan fingerprint density at radius 3 is 2.81 bits per heavy atom. The fourth-order valence-corrected chi connectivity index (χ4v) is 3.26. The Morgan fingerprint density at radius 2 is 2.14 bits per heavy atom. The van der Waals surface area contributed by atoms with E-state index in [1.165, 1.54) is 6.42 Å². The molecule has 2 N–H and O–H groups in total. The Bertz CT molecular complexity index is 620. The van der Waals surface area contributed by atoms with Crippen molar-refractivity contribution in [1.29, 1.82) is 0 Å². The van der Waals surface area contributed by atoms with Crippen molar-refractivity contribution in [3.05, 3.63) is 28.8 Å². The van der Waals surface area contributed by atoms with Crippen LogP contribution in [0, 0.1) is 5.92 Å². The van der Waals surface area contributed by atoms with E-state index in [0.29, 0.717) is 11.7 Å². The topological polar surface area (TPSA) is 77.8 Å². The molecule has 0 saturated heterocycles. The number of hydrogen-bond donors (Lipinski definition) is 1. The van der Waals surface area contributed by atoms with E-state index in [1.54, 1.807) is 12.4 Å². The van der Waals surface area contributed by atoms with E-state index in [-0.39, 0.29) is 0 Å². The van der Waals surface area contributed by atoms with Crippen LogP contribution in [-0.4, -0.2) is 15.1 Å². The van der Waals surface area contributed by atoms with Crippen LogP contribution in [0.3, 0.4) is 0 Å². The number of nitrogens with two attached hydrogens (primary N) is 1. The van der Waals surface area contributed by atoms with E-state index in [9.17, 15) is 0 Å². The lowest BCUT2D eigenvalue weighted by molar-refractivity contribution is 0.216. The van der Waals surface area contributed by atoms with E-state index in [2.05, 4.69) is 38.0 Å². The maximum atomic E-state index is 6.51. The van der Waals surface area contributed by atoms with Gasteiger partial charge >= 0.3 is 0 Å². The van der Waals surface area contributed by atoms with Gasteiger partial charge in [-0.05, 0) is 53.6 Å². The van der Waals surface area contributed by atoms with Gasteiger partial charge in [0.15, 0.2) is 5.82 Å². The molecule has 2 heterocycles. The number of hydrogen-bond acceptors (Lipinski definition) is 5. The summed E-state index contributed by atoms with van der Waals surface area (Å²) in [5.41, 5.74) is 6.86. The highest BCUT2D eigenvalue weighted by molar-refractivity contribution is 9.10. The molecule has 6 heteroatoms. The van der Waals surface area contributed by atoms with Gasteiger partial charge in [-0.3, -0.25) is 4.98 Å². The Kier molecular flexibility index (Phi) is 4.08. The van der Waals surface area contributed by atoms with Crippen molar-refractivity contribution in [1.82, 2.24) is 15.1 Å². The van der Waals surface area contributed by atoms with Gasteiger partial charge in [0.1, 0.15) is 0 Å². The van der Waals surface area contributed by atoms with Gasteiger partial charge in [0.25, 0.3) is 5.89 Å². The summed E-state index contributed by atoms with van der Waals surface area (Å²) in [6.45, 7) is 2.24. The van der Waals surface area contributed by atoms with Gasteiger partial charge in [-0.25, -0.2) is 0 Å². The molecule has 1 saturated carbocycles. The van der Waals surface area contributed by atoms with Crippen LogP contribution in [0.25, 0.3) is 11.5 Å². The average molecular weight is 351 g/mol. The second-order valence-corrected chi connectivity index (χ2v) is 6.74. The van der Waals surface area contributed by atoms with E-state index in [1.807, 2.05) is 6.07 Å². The van der Waals surface area contributed by atoms with Gasteiger partial charge < -0.3 is 10.3 Å². The van der Waals surface area contributed by atoms with Crippen LogP contribution in [0.15, 0.2) is 27.5 Å². The van der Waals surface area contributed by atoms with Crippen molar-refractivity contribution in [2.24, 2.45) is 11.7 Å². The van der Waals surface area contributed by atoms with E-state index in [0.717, 1.165) is 41.6 Å². The first-order chi connectivity index (χ1) is 10.1. The smallest absolute Gasteiger partial charge is 0.259 e. The highest BCUT2D eigenvalue weighted by atomic mass is 79.9. The lowest BCUT2D eigenvalue weighted by Gasteiger charge is -2.34. The highest BCUT2D eigenvalue weighted by Crippen LogP contribution is 2.38. The SMILES string of the molecule is CCC1CCC(N)(c2noc(-c3cncc(Br)c3)n2)CC1. The summed E-state index contributed by atoms with van der Waals surface area (Å²) in [6, 6.07) is 1.90. The highest BCUT2D eigenvalue weighted by Gasteiger charge is 2.37. The summed E-state index contributed by atoms with van der Waals surface area (Å²) >= 11 is 3.39. The fraction of sp³-hybridized carbons (Fsp3) is 0.533. The Balaban J connectivity index is 1.82. The van der Waals surface area contributed by atoms with Gasteiger partial charge in [0.2, 0.25) is 0 Å². The summed E-state index contributed by atoms with van der Waals surface area (Å²) in [6.07, 6.45) is 8.75. The molecule has 0 aliphatic heterocycles. The van der Waals surface area contributed by atoms with Crippen molar-refractivity contribution >= 4 is 15.9 Å². The molecule has 0 bridgehead atoms. The largest absolute Gasteiger partial charge is 0.334 e. The van der Waals surface area contributed by atoms with Crippen LogP contribution < -0.4 is 5.73 Å². The number of aromatic nitrogens is 3. The number of nitrogens with zero attached hydrogens (tertiary/aromatic N) is 3. The molecule has 112 valence electrons. The van der Waals surface area contributed by atoms with Crippen molar-refractivity contribution in [3.63, 3.8) is 0 Å². The number of pyridine rings is 1. The minimum atomic E-state index is -0.452. The van der Waals surface area contributed by atoms with Gasteiger partial charge in [-0.15, -0.1) is 0 Å². The Labute approximate surface area is 132 Å². The molecule has 3 rings (SSSR count). The van der Waals surface area contributed by atoms with Crippen LogP contribution in [-0.2, 0) is 5.54 Å². The quantitative estimate of drug-likeness (QED) is 0.913. The van der Waals surface area contributed by atoms with Crippen LogP contribution in [0.1, 0.15) is 44.9 Å². The minimum Gasteiger partial charge on any atom is -0.334 e. The zero-order chi connectivity index (χ0) is 14.9. The van der Waals surface area contributed by atoms with Crippen LogP contribution in [0.4, 0.5) is 0 Å². The fourth-order valence-electron chi connectivity index (χ4n) is 2.90. The molecule has 0 amide bonds. The van der Waals surface area contributed by atoms with Crippen LogP contribution in [0.2, 0.25) is 0 Å². The Hall–Kier alpha value is -1.27. The number of rotatable bonds is 3. The first kappa shape index (κ1) is 14.7. The summed E-state index contributed by atoms with van der Waals surface area (Å²) in [5.74, 6) is 1.87. The maximum Gasteiger partial charge on any atom is 0.259 e. The monoisotopic (exact) mass is 350 g/mol. The second kappa shape index (κ2) is 5.85. The van der Waals surface area contributed by atoms with Crippen LogP contribution >= 0.6 is 15.9 Å². The third kappa shape index (κ3) is 3.01. The minimum absolute atomic E-state index is 0.452. The molecule has 1 fully saturated rings. The van der Waals surface area contributed by atoms with E-state index >= 15 is 0 Å². The summed E-state index contributed by atoms with van der Waals surface area (Å²) in [4.78, 5) is 8.62. The molecule has 5 nitrogen and oxygen atoms in total. The Morgan fingerprint density at radius 1 is 1.38 bits per heavy atom. The maximum absolute atomic E-state index is 6.51. The molecule has 0 aromatic carbocycles. The van der Waals surface area contributed by atoms with Crippen molar-refractivity contribution in [2.75, 3.05) is 0 Å². The predicted octanol–water partition coefficient (Wildman–Crippen LogP) is 3.65. The lowest BCUT2D eigenvalue weighted by atomic mass is 9.76. The predicted molar refractivity (Wildman–Crippen MR) is 83.3 cm³/mol. The molecule has 2 aromatic heterocycles.